The van der Waals surface area contributed by atoms with Crippen LogP contribution in [0.15, 0.2) is 24.3 Å². The van der Waals surface area contributed by atoms with Crippen molar-refractivity contribution in [2.75, 3.05) is 18.5 Å². The molecule has 1 unspecified atom stereocenters. The lowest BCUT2D eigenvalue weighted by Crippen LogP contribution is -2.30. The van der Waals surface area contributed by atoms with Crippen molar-refractivity contribution in [1.82, 2.24) is 5.32 Å². The molecular weight excluding hydrogens is 304 g/mol. The monoisotopic (exact) mass is 332 g/mol. The number of hydrogen-bond donors (Lipinski definition) is 3. The number of aliphatic hydroxyl groups excluding tert-OH is 1. The van der Waals surface area contributed by atoms with Crippen LogP contribution in [0.2, 0.25) is 0 Å². The number of carbonyl (C=O) groups excluding carboxylic acids is 2. The molecule has 0 heterocycles. The van der Waals surface area contributed by atoms with E-state index < -0.39 is 0 Å². The minimum atomic E-state index is -0.149. The van der Waals surface area contributed by atoms with E-state index in [0.717, 1.165) is 19.3 Å². The Balaban J connectivity index is 1.89. The quantitative estimate of drug-likeness (QED) is 0.650. The maximum Gasteiger partial charge on any atom is 0.251 e. The summed E-state index contributed by atoms with van der Waals surface area (Å²) >= 11 is 0. The normalized spacial score (nSPS) is 15.2. The van der Waals surface area contributed by atoms with Gasteiger partial charge in [0, 0.05) is 30.3 Å². The number of anilines is 1. The Morgan fingerprint density at radius 1 is 1.29 bits per heavy atom. The van der Waals surface area contributed by atoms with Crippen molar-refractivity contribution in [1.29, 1.82) is 0 Å². The zero-order valence-corrected chi connectivity index (χ0v) is 14.5. The molecule has 132 valence electrons. The first-order valence-electron chi connectivity index (χ1n) is 8.79. The largest absolute Gasteiger partial charge is 0.396 e. The third-order valence-corrected chi connectivity index (χ3v) is 4.23. The van der Waals surface area contributed by atoms with E-state index in [1.807, 2.05) is 0 Å². The number of carbonyl (C=O) groups is 2. The van der Waals surface area contributed by atoms with E-state index in [1.54, 1.807) is 24.3 Å². The Hall–Kier alpha value is -1.88. The number of nitrogens with one attached hydrogen (secondary N) is 2. The molecule has 0 radical (unpaired) electrons. The summed E-state index contributed by atoms with van der Waals surface area (Å²) in [6, 6.07) is 7.02. The summed E-state index contributed by atoms with van der Waals surface area (Å²) in [6.07, 6.45) is 3.57. The lowest BCUT2D eigenvalue weighted by atomic mass is 9.94. The van der Waals surface area contributed by atoms with Crippen LogP contribution in [0.3, 0.4) is 0 Å². The van der Waals surface area contributed by atoms with Gasteiger partial charge in [0.1, 0.15) is 0 Å². The Morgan fingerprint density at radius 3 is 2.67 bits per heavy atom. The highest BCUT2D eigenvalue weighted by Gasteiger charge is 2.29. The average molecular weight is 332 g/mol. The first-order chi connectivity index (χ1) is 11.5. The van der Waals surface area contributed by atoms with E-state index in [1.165, 1.54) is 0 Å². The summed E-state index contributed by atoms with van der Waals surface area (Å²) in [5, 5.41) is 14.9. The fourth-order valence-corrected chi connectivity index (χ4v) is 2.82. The Labute approximate surface area is 143 Å². The number of rotatable bonds is 9. The van der Waals surface area contributed by atoms with Crippen molar-refractivity contribution < 1.29 is 14.7 Å². The standard InChI is InChI=1S/C19H28N2O3/c1-13(2)10-14(8-9-22)12-20-18(23)16-4-3-5-17(11-16)21-19(24)15-6-7-15/h3-5,11,13-15,22H,6-10,12H2,1-2H3,(H,20,23)(H,21,24). The first-order valence-corrected chi connectivity index (χ1v) is 8.79. The molecule has 2 rings (SSSR count). The predicted molar refractivity (Wildman–Crippen MR) is 94.8 cm³/mol. The minimum Gasteiger partial charge on any atom is -0.396 e. The topological polar surface area (TPSA) is 78.4 Å². The van der Waals surface area contributed by atoms with E-state index >= 15 is 0 Å². The fraction of sp³-hybridized carbons (Fsp3) is 0.579. The molecule has 1 aromatic rings. The molecule has 0 bridgehead atoms. The maximum absolute atomic E-state index is 12.3. The number of aliphatic hydroxyl groups is 1. The van der Waals surface area contributed by atoms with Crippen molar-refractivity contribution in [3.05, 3.63) is 29.8 Å². The first kappa shape index (κ1) is 18.5. The zero-order valence-electron chi connectivity index (χ0n) is 14.5. The van der Waals surface area contributed by atoms with Crippen molar-refractivity contribution in [2.45, 2.75) is 39.5 Å². The molecule has 5 heteroatoms. The van der Waals surface area contributed by atoms with Gasteiger partial charge in [-0.3, -0.25) is 9.59 Å². The molecule has 0 saturated heterocycles. The minimum absolute atomic E-state index is 0.0347. The summed E-state index contributed by atoms with van der Waals surface area (Å²) in [7, 11) is 0. The van der Waals surface area contributed by atoms with Crippen LogP contribution in [0.1, 0.15) is 49.9 Å². The van der Waals surface area contributed by atoms with Crippen molar-refractivity contribution in [2.24, 2.45) is 17.8 Å². The molecule has 1 fully saturated rings. The molecule has 3 N–H and O–H groups in total. The Kier molecular flexibility index (Phi) is 6.79. The molecule has 2 amide bonds. The Morgan fingerprint density at radius 2 is 2.04 bits per heavy atom. The van der Waals surface area contributed by atoms with E-state index in [0.29, 0.717) is 30.1 Å². The molecule has 1 aliphatic carbocycles. The molecule has 0 aliphatic heterocycles. The molecule has 24 heavy (non-hydrogen) atoms. The van der Waals surface area contributed by atoms with Gasteiger partial charge in [-0.05, 0) is 55.7 Å². The van der Waals surface area contributed by atoms with Gasteiger partial charge < -0.3 is 15.7 Å². The second-order valence-electron chi connectivity index (χ2n) is 7.06. The van der Waals surface area contributed by atoms with Gasteiger partial charge in [0.2, 0.25) is 5.91 Å². The second kappa shape index (κ2) is 8.83. The highest BCUT2D eigenvalue weighted by molar-refractivity contribution is 5.98. The second-order valence-corrected chi connectivity index (χ2v) is 7.06. The van der Waals surface area contributed by atoms with Crippen LogP contribution in [0.4, 0.5) is 5.69 Å². The molecule has 5 nitrogen and oxygen atoms in total. The van der Waals surface area contributed by atoms with Gasteiger partial charge in [0.15, 0.2) is 0 Å². The van der Waals surface area contributed by atoms with Gasteiger partial charge in [-0.25, -0.2) is 0 Å². The molecule has 1 aromatic carbocycles. The van der Waals surface area contributed by atoms with Gasteiger partial charge in [0.05, 0.1) is 0 Å². The Bertz CT molecular complexity index is 567. The maximum atomic E-state index is 12.3. The summed E-state index contributed by atoms with van der Waals surface area (Å²) < 4.78 is 0. The predicted octanol–water partition coefficient (Wildman–Crippen LogP) is 2.81. The number of hydrogen-bond acceptors (Lipinski definition) is 3. The molecule has 0 aromatic heterocycles. The highest BCUT2D eigenvalue weighted by Crippen LogP contribution is 2.30. The van der Waals surface area contributed by atoms with Crippen molar-refractivity contribution >= 4 is 17.5 Å². The molecule has 1 saturated carbocycles. The van der Waals surface area contributed by atoms with Gasteiger partial charge in [0.25, 0.3) is 5.91 Å². The molecule has 1 atom stereocenters. The third-order valence-electron chi connectivity index (χ3n) is 4.23. The molecule has 1 aliphatic rings. The fourth-order valence-electron chi connectivity index (χ4n) is 2.82. The van der Waals surface area contributed by atoms with Crippen molar-refractivity contribution in [3.8, 4) is 0 Å². The van der Waals surface area contributed by atoms with Gasteiger partial charge in [-0.1, -0.05) is 19.9 Å². The summed E-state index contributed by atoms with van der Waals surface area (Å²) in [6.45, 7) is 4.96. The van der Waals surface area contributed by atoms with Crippen LogP contribution in [0.5, 0.6) is 0 Å². The lowest BCUT2D eigenvalue weighted by molar-refractivity contribution is -0.117. The third kappa shape index (κ3) is 5.96. The summed E-state index contributed by atoms with van der Waals surface area (Å²) in [5.41, 5.74) is 1.20. The van der Waals surface area contributed by atoms with Crippen LogP contribution < -0.4 is 10.6 Å². The number of benzene rings is 1. The highest BCUT2D eigenvalue weighted by atomic mass is 16.3. The number of amides is 2. The zero-order chi connectivity index (χ0) is 17.5. The van der Waals surface area contributed by atoms with E-state index in [9.17, 15) is 9.59 Å². The smallest absolute Gasteiger partial charge is 0.251 e. The summed E-state index contributed by atoms with van der Waals surface area (Å²) in [5.74, 6) is 0.825. The van der Waals surface area contributed by atoms with Crippen LogP contribution in [-0.2, 0) is 4.79 Å². The van der Waals surface area contributed by atoms with Crippen LogP contribution in [0, 0.1) is 17.8 Å². The lowest BCUT2D eigenvalue weighted by Gasteiger charge is -2.18. The van der Waals surface area contributed by atoms with Crippen LogP contribution in [-0.4, -0.2) is 30.1 Å². The van der Waals surface area contributed by atoms with E-state index in [-0.39, 0.29) is 30.3 Å². The molecule has 0 spiro atoms. The van der Waals surface area contributed by atoms with Gasteiger partial charge >= 0.3 is 0 Å². The molecular formula is C19H28N2O3. The van der Waals surface area contributed by atoms with Gasteiger partial charge in [-0.2, -0.15) is 0 Å². The van der Waals surface area contributed by atoms with E-state index in [4.69, 9.17) is 5.11 Å². The average Bonchev–Trinajstić information content (AvgIpc) is 3.37. The van der Waals surface area contributed by atoms with E-state index in [2.05, 4.69) is 24.5 Å². The SMILES string of the molecule is CC(C)CC(CCO)CNC(=O)c1cccc(NC(=O)C2CC2)c1. The summed E-state index contributed by atoms with van der Waals surface area (Å²) in [4.78, 5) is 24.1. The van der Waals surface area contributed by atoms with Crippen molar-refractivity contribution in [3.63, 3.8) is 0 Å². The van der Waals surface area contributed by atoms with Gasteiger partial charge in [-0.15, -0.1) is 0 Å². The van der Waals surface area contributed by atoms with Crippen LogP contribution >= 0.6 is 0 Å². The van der Waals surface area contributed by atoms with Crippen LogP contribution in [0.25, 0.3) is 0 Å².